The van der Waals surface area contributed by atoms with Crippen LogP contribution in [0.15, 0.2) is 57.9 Å². The number of hydrogen-bond donors (Lipinski definition) is 1. The first-order valence-corrected chi connectivity index (χ1v) is 8.20. The molecule has 0 radical (unpaired) electrons. The lowest BCUT2D eigenvalue weighted by atomic mass is 10.2. The van der Waals surface area contributed by atoms with E-state index in [2.05, 4.69) is 15.9 Å². The summed E-state index contributed by atoms with van der Waals surface area (Å²) in [6.45, 7) is 0.232. The van der Waals surface area contributed by atoms with Crippen molar-refractivity contribution in [3.05, 3.63) is 58.6 Å². The number of anilines is 1. The first kappa shape index (κ1) is 15.0. The Morgan fingerprint density at radius 2 is 1.70 bits per heavy atom. The van der Waals surface area contributed by atoms with Crippen LogP contribution in [0.1, 0.15) is 5.56 Å². The van der Waals surface area contributed by atoms with Gasteiger partial charge in [0.15, 0.2) is 0 Å². The summed E-state index contributed by atoms with van der Waals surface area (Å²) in [5.74, 6) is 0. The van der Waals surface area contributed by atoms with E-state index in [1.807, 2.05) is 18.2 Å². The van der Waals surface area contributed by atoms with E-state index in [0.717, 1.165) is 5.56 Å². The van der Waals surface area contributed by atoms with E-state index in [1.165, 1.54) is 4.31 Å². The molecule has 0 aromatic heterocycles. The van der Waals surface area contributed by atoms with Crippen LogP contribution in [-0.2, 0) is 16.6 Å². The lowest BCUT2D eigenvalue weighted by Crippen LogP contribution is -2.27. The summed E-state index contributed by atoms with van der Waals surface area (Å²) in [5, 5.41) is 0. The Balaban J connectivity index is 2.31. The van der Waals surface area contributed by atoms with Crippen molar-refractivity contribution < 1.29 is 8.42 Å². The van der Waals surface area contributed by atoms with E-state index in [9.17, 15) is 8.42 Å². The zero-order chi connectivity index (χ0) is 14.8. The fourth-order valence-electron chi connectivity index (χ4n) is 1.82. The average molecular weight is 355 g/mol. The molecule has 4 nitrogen and oxygen atoms in total. The molecule has 6 heteroatoms. The second-order valence-electron chi connectivity index (χ2n) is 4.39. The number of benzene rings is 2. The van der Waals surface area contributed by atoms with Crippen molar-refractivity contribution in [2.75, 3.05) is 12.8 Å². The standard InChI is InChI=1S/C14H15BrN2O2S/c1-17(10-11-6-2-4-8-13(11)16)20(18,19)14-9-5-3-7-12(14)15/h2-9H,10,16H2,1H3. The van der Waals surface area contributed by atoms with E-state index >= 15 is 0 Å². The molecule has 0 bridgehead atoms. The summed E-state index contributed by atoms with van der Waals surface area (Å²) < 4.78 is 26.9. The molecule has 0 spiro atoms. The van der Waals surface area contributed by atoms with Crippen LogP contribution in [0.4, 0.5) is 5.69 Å². The van der Waals surface area contributed by atoms with Crippen molar-refractivity contribution in [3.63, 3.8) is 0 Å². The number of halogens is 1. The summed E-state index contributed by atoms with van der Waals surface area (Å²) in [4.78, 5) is 0.247. The topological polar surface area (TPSA) is 63.4 Å². The highest BCUT2D eigenvalue weighted by Crippen LogP contribution is 2.25. The Bertz CT molecular complexity index is 717. The summed E-state index contributed by atoms with van der Waals surface area (Å²) in [6.07, 6.45) is 0. The van der Waals surface area contributed by atoms with Gasteiger partial charge in [0.2, 0.25) is 10.0 Å². The van der Waals surface area contributed by atoms with Crippen LogP contribution in [0.5, 0.6) is 0 Å². The van der Waals surface area contributed by atoms with Gasteiger partial charge in [0.25, 0.3) is 0 Å². The minimum Gasteiger partial charge on any atom is -0.398 e. The summed E-state index contributed by atoms with van der Waals surface area (Å²) in [7, 11) is -2.01. The van der Waals surface area contributed by atoms with E-state index in [-0.39, 0.29) is 11.4 Å². The molecule has 0 fully saturated rings. The molecule has 0 amide bonds. The van der Waals surface area contributed by atoms with Gasteiger partial charge in [-0.2, -0.15) is 4.31 Å². The molecular weight excluding hydrogens is 340 g/mol. The van der Waals surface area contributed by atoms with E-state index in [4.69, 9.17) is 5.73 Å². The molecule has 2 N–H and O–H groups in total. The van der Waals surface area contributed by atoms with Crippen molar-refractivity contribution in [1.82, 2.24) is 4.31 Å². The maximum Gasteiger partial charge on any atom is 0.244 e. The highest BCUT2D eigenvalue weighted by Gasteiger charge is 2.23. The molecule has 0 aliphatic rings. The molecule has 0 aliphatic carbocycles. The minimum atomic E-state index is -3.55. The Kier molecular flexibility index (Phi) is 4.47. The fourth-order valence-corrected chi connectivity index (χ4v) is 3.93. The van der Waals surface area contributed by atoms with E-state index < -0.39 is 10.0 Å². The molecule has 0 saturated carbocycles. The third-order valence-corrected chi connectivity index (χ3v) is 5.79. The first-order chi connectivity index (χ1) is 9.43. The number of nitrogens with two attached hydrogens (primary N) is 1. The van der Waals surface area contributed by atoms with Gasteiger partial charge in [0, 0.05) is 23.8 Å². The SMILES string of the molecule is CN(Cc1ccccc1N)S(=O)(=O)c1ccccc1Br. The Labute approximate surface area is 127 Å². The molecule has 2 rings (SSSR count). The van der Waals surface area contributed by atoms with Gasteiger partial charge in [-0.3, -0.25) is 0 Å². The van der Waals surface area contributed by atoms with Gasteiger partial charge in [-0.15, -0.1) is 0 Å². The van der Waals surface area contributed by atoms with Crippen LogP contribution in [0.25, 0.3) is 0 Å². The third kappa shape index (κ3) is 3.03. The number of para-hydroxylation sites is 1. The number of sulfonamides is 1. The predicted octanol–water partition coefficient (Wildman–Crippen LogP) is 2.85. The zero-order valence-electron chi connectivity index (χ0n) is 11.0. The molecule has 20 heavy (non-hydrogen) atoms. The van der Waals surface area contributed by atoms with E-state index in [0.29, 0.717) is 10.2 Å². The molecule has 0 heterocycles. The summed E-state index contributed by atoms with van der Waals surface area (Å²) >= 11 is 3.27. The van der Waals surface area contributed by atoms with Crippen LogP contribution < -0.4 is 5.73 Å². The Hall–Kier alpha value is -1.37. The third-order valence-electron chi connectivity index (χ3n) is 2.97. The van der Waals surface area contributed by atoms with Crippen LogP contribution >= 0.6 is 15.9 Å². The van der Waals surface area contributed by atoms with Crippen molar-refractivity contribution in [2.45, 2.75) is 11.4 Å². The van der Waals surface area contributed by atoms with Gasteiger partial charge < -0.3 is 5.73 Å². The maximum atomic E-state index is 12.5. The first-order valence-electron chi connectivity index (χ1n) is 5.97. The van der Waals surface area contributed by atoms with Crippen molar-refractivity contribution in [3.8, 4) is 0 Å². The lowest BCUT2D eigenvalue weighted by Gasteiger charge is -2.19. The lowest BCUT2D eigenvalue weighted by molar-refractivity contribution is 0.467. The predicted molar refractivity (Wildman–Crippen MR) is 83.6 cm³/mol. The molecule has 0 unspecified atom stereocenters. The van der Waals surface area contributed by atoms with Crippen molar-refractivity contribution >= 4 is 31.6 Å². The Morgan fingerprint density at radius 1 is 1.10 bits per heavy atom. The van der Waals surface area contributed by atoms with Crippen LogP contribution in [0, 0.1) is 0 Å². The van der Waals surface area contributed by atoms with Gasteiger partial charge in [0.1, 0.15) is 0 Å². The minimum absolute atomic E-state index is 0.232. The number of hydrogen-bond acceptors (Lipinski definition) is 3. The average Bonchev–Trinajstić information content (AvgIpc) is 2.41. The van der Waals surface area contributed by atoms with Crippen LogP contribution in [0.2, 0.25) is 0 Å². The van der Waals surface area contributed by atoms with Gasteiger partial charge in [-0.25, -0.2) is 8.42 Å². The van der Waals surface area contributed by atoms with Crippen LogP contribution in [-0.4, -0.2) is 19.8 Å². The summed E-state index contributed by atoms with van der Waals surface area (Å²) in [6, 6.07) is 14.0. The second kappa shape index (κ2) is 5.95. The molecule has 0 saturated heterocycles. The van der Waals surface area contributed by atoms with E-state index in [1.54, 1.807) is 37.4 Å². The van der Waals surface area contributed by atoms with Crippen molar-refractivity contribution in [2.24, 2.45) is 0 Å². The highest BCUT2D eigenvalue weighted by atomic mass is 79.9. The number of nitrogen functional groups attached to an aromatic ring is 1. The second-order valence-corrected chi connectivity index (χ2v) is 7.26. The molecule has 2 aromatic carbocycles. The molecule has 2 aromatic rings. The van der Waals surface area contributed by atoms with Crippen LogP contribution in [0.3, 0.4) is 0 Å². The van der Waals surface area contributed by atoms with Gasteiger partial charge in [-0.1, -0.05) is 30.3 Å². The maximum absolute atomic E-state index is 12.5. The molecule has 106 valence electrons. The molecule has 0 atom stereocenters. The highest BCUT2D eigenvalue weighted by molar-refractivity contribution is 9.10. The molecular formula is C14H15BrN2O2S. The van der Waals surface area contributed by atoms with Gasteiger partial charge in [0.05, 0.1) is 4.90 Å². The number of nitrogens with zero attached hydrogens (tertiary/aromatic N) is 1. The normalized spacial score (nSPS) is 11.8. The smallest absolute Gasteiger partial charge is 0.244 e. The molecule has 0 aliphatic heterocycles. The largest absolute Gasteiger partial charge is 0.398 e. The monoisotopic (exact) mass is 354 g/mol. The fraction of sp³-hybridized carbons (Fsp3) is 0.143. The van der Waals surface area contributed by atoms with Crippen molar-refractivity contribution in [1.29, 1.82) is 0 Å². The van der Waals surface area contributed by atoms with Gasteiger partial charge in [-0.05, 0) is 39.7 Å². The summed E-state index contributed by atoms with van der Waals surface area (Å²) in [5.41, 5.74) is 7.22. The Morgan fingerprint density at radius 3 is 2.35 bits per heavy atom. The zero-order valence-corrected chi connectivity index (χ0v) is 13.4. The quantitative estimate of drug-likeness (QED) is 0.858. The van der Waals surface area contributed by atoms with Gasteiger partial charge >= 0.3 is 0 Å². The number of rotatable bonds is 4.